The van der Waals surface area contributed by atoms with E-state index in [0.717, 1.165) is 0 Å². The van der Waals surface area contributed by atoms with Crippen molar-refractivity contribution in [2.45, 2.75) is 31.4 Å². The van der Waals surface area contributed by atoms with Gasteiger partial charge in [0.1, 0.15) is 14.1 Å². The maximum atomic E-state index is 14.2. The van der Waals surface area contributed by atoms with Crippen LogP contribution in [0.2, 0.25) is 0 Å². The fourth-order valence-corrected chi connectivity index (χ4v) is 3.61. The van der Waals surface area contributed by atoms with E-state index in [1.165, 1.54) is 18.0 Å². The number of halogens is 1. The summed E-state index contributed by atoms with van der Waals surface area (Å²) in [6, 6.07) is 9.87. The van der Waals surface area contributed by atoms with Gasteiger partial charge in [-0.25, -0.2) is 4.39 Å². The molecule has 9 heteroatoms. The van der Waals surface area contributed by atoms with E-state index in [1.54, 1.807) is 30.3 Å². The normalized spacial score (nSPS) is 14.7. The average Bonchev–Trinajstić information content (AvgIpc) is 3.10. The summed E-state index contributed by atoms with van der Waals surface area (Å²) >= 11 is 0. The molecule has 1 unspecified atom stereocenters. The smallest absolute Gasteiger partial charge is 0.254 e. The lowest BCUT2D eigenvalue weighted by molar-refractivity contribution is -0.127. The van der Waals surface area contributed by atoms with Gasteiger partial charge in [0.15, 0.2) is 5.82 Å². The Balaban J connectivity index is 1.88. The number of anilines is 2. The van der Waals surface area contributed by atoms with Crippen molar-refractivity contribution in [3.8, 4) is 0 Å². The van der Waals surface area contributed by atoms with Crippen LogP contribution in [-0.2, 0) is 22.7 Å². The van der Waals surface area contributed by atoms with Crippen molar-refractivity contribution in [2.24, 2.45) is 0 Å². The van der Waals surface area contributed by atoms with Crippen molar-refractivity contribution in [3.05, 3.63) is 58.9 Å². The molecule has 4 N–H and O–H groups in total. The monoisotopic (exact) mass is 408 g/mol. The third-order valence-corrected chi connectivity index (χ3v) is 5.29. The summed E-state index contributed by atoms with van der Waals surface area (Å²) in [6.07, 6.45) is 0.683. The Kier molecular flexibility index (Phi) is 6.10. The summed E-state index contributed by atoms with van der Waals surface area (Å²) in [5, 5.41) is 5.60. The number of fused-ring (bicyclic) bond motifs is 1. The van der Waals surface area contributed by atoms with Crippen LogP contribution in [0.25, 0.3) is 0 Å². The molecule has 2 amide bonds. The van der Waals surface area contributed by atoms with E-state index < -0.39 is 23.1 Å². The fraction of sp³-hybridized carbons (Fsp3) is 0.286. The van der Waals surface area contributed by atoms with E-state index in [9.17, 15) is 18.8 Å². The van der Waals surface area contributed by atoms with Crippen LogP contribution in [0.4, 0.5) is 15.8 Å². The summed E-state index contributed by atoms with van der Waals surface area (Å²) in [6.45, 7) is 0.245. The highest BCUT2D eigenvalue weighted by atomic mass is 19.1. The number of likely N-dealkylation sites (N-methyl/N-ethyl adjacent to an activating group) is 1. The Morgan fingerprint density at radius 2 is 2.07 bits per heavy atom. The van der Waals surface area contributed by atoms with E-state index in [2.05, 4.69) is 10.6 Å². The molecule has 1 aliphatic heterocycles. The lowest BCUT2D eigenvalue weighted by Crippen LogP contribution is -2.59. The Bertz CT molecular complexity index is 1000. The van der Waals surface area contributed by atoms with Crippen LogP contribution in [-0.4, -0.2) is 43.3 Å². The number of hydrogen-bond acceptors (Lipinski definition) is 5. The first-order valence-corrected chi connectivity index (χ1v) is 9.48. The second-order valence-electron chi connectivity index (χ2n) is 7.11. The Morgan fingerprint density at radius 1 is 1.33 bits per heavy atom. The summed E-state index contributed by atoms with van der Waals surface area (Å²) in [4.78, 5) is 37.6. The third-order valence-electron chi connectivity index (χ3n) is 5.29. The summed E-state index contributed by atoms with van der Waals surface area (Å²) < 4.78 is 14.2. The standard InChI is InChI=1S/C21H22BFN4O3/c1-25-20(30)21(22,9-4-10-28)27-12-15-14(19(27)29)6-3-8-17(15)26-11-13-5-2-7-16(24)18(13)23/h2-3,5-8,10,26H,4,9,11-12,24H2,1H3,(H,25,30). The molecule has 30 heavy (non-hydrogen) atoms. The lowest BCUT2D eigenvalue weighted by atomic mass is 9.71. The SMILES string of the molecule is [B]C(CCC=O)(C(=O)NC)N1Cc2c(NCc3cccc(N)c3F)cccc2C1=O. The zero-order valence-corrected chi connectivity index (χ0v) is 16.6. The number of carbonyl (C=O) groups is 3. The summed E-state index contributed by atoms with van der Waals surface area (Å²) in [5.41, 5.74) is 6.07. The molecule has 0 saturated heterocycles. The van der Waals surface area contributed by atoms with Gasteiger partial charge < -0.3 is 26.1 Å². The van der Waals surface area contributed by atoms with Crippen LogP contribution in [0.5, 0.6) is 0 Å². The van der Waals surface area contributed by atoms with Gasteiger partial charge in [-0.15, -0.1) is 0 Å². The molecule has 2 aromatic carbocycles. The van der Waals surface area contributed by atoms with Crippen molar-refractivity contribution >= 4 is 37.3 Å². The molecule has 7 nitrogen and oxygen atoms in total. The molecule has 2 aromatic rings. The van der Waals surface area contributed by atoms with Crippen LogP contribution in [0, 0.1) is 5.82 Å². The first-order valence-electron chi connectivity index (χ1n) is 9.48. The molecule has 3 rings (SSSR count). The molecule has 1 aliphatic rings. The average molecular weight is 408 g/mol. The van der Waals surface area contributed by atoms with Crippen LogP contribution in [0.3, 0.4) is 0 Å². The molecule has 0 saturated carbocycles. The van der Waals surface area contributed by atoms with Gasteiger partial charge in [0.25, 0.3) is 5.91 Å². The molecule has 0 bridgehead atoms. The molecular weight excluding hydrogens is 386 g/mol. The molecular formula is C21H22BFN4O3. The first kappa shape index (κ1) is 21.4. The van der Waals surface area contributed by atoms with Gasteiger partial charge in [-0.3, -0.25) is 9.59 Å². The van der Waals surface area contributed by atoms with Crippen LogP contribution >= 0.6 is 0 Å². The number of carbonyl (C=O) groups excluding carboxylic acids is 3. The number of nitrogens with two attached hydrogens (primary N) is 1. The van der Waals surface area contributed by atoms with Crippen molar-refractivity contribution < 1.29 is 18.8 Å². The van der Waals surface area contributed by atoms with Gasteiger partial charge in [-0.2, -0.15) is 0 Å². The summed E-state index contributed by atoms with van der Waals surface area (Å²) in [7, 11) is 7.74. The number of aldehydes is 1. The quantitative estimate of drug-likeness (QED) is 0.350. The van der Waals surface area contributed by atoms with Crippen molar-refractivity contribution in [1.29, 1.82) is 0 Å². The Labute approximate surface area is 175 Å². The maximum absolute atomic E-state index is 14.2. The van der Waals surface area contributed by atoms with Gasteiger partial charge in [0, 0.05) is 48.9 Å². The molecule has 1 heterocycles. The molecule has 154 valence electrons. The minimum atomic E-state index is -1.66. The van der Waals surface area contributed by atoms with Crippen LogP contribution < -0.4 is 16.4 Å². The second-order valence-corrected chi connectivity index (χ2v) is 7.11. The minimum Gasteiger partial charge on any atom is -0.396 e. The van der Waals surface area contributed by atoms with E-state index >= 15 is 0 Å². The van der Waals surface area contributed by atoms with Crippen molar-refractivity contribution in [1.82, 2.24) is 10.2 Å². The molecule has 0 aliphatic carbocycles. The molecule has 0 aromatic heterocycles. The predicted molar refractivity (Wildman–Crippen MR) is 112 cm³/mol. The number of rotatable bonds is 8. The highest BCUT2D eigenvalue weighted by Crippen LogP contribution is 2.35. The van der Waals surface area contributed by atoms with Crippen molar-refractivity contribution in [3.63, 3.8) is 0 Å². The van der Waals surface area contributed by atoms with E-state index in [-0.39, 0.29) is 31.6 Å². The molecule has 0 spiro atoms. The fourth-order valence-electron chi connectivity index (χ4n) is 3.61. The number of nitrogens with one attached hydrogen (secondary N) is 2. The third kappa shape index (κ3) is 3.75. The molecule has 1 atom stereocenters. The highest BCUT2D eigenvalue weighted by molar-refractivity contribution is 6.30. The number of nitrogen functional groups attached to an aromatic ring is 1. The van der Waals surface area contributed by atoms with Crippen LogP contribution in [0.15, 0.2) is 36.4 Å². The van der Waals surface area contributed by atoms with Gasteiger partial charge in [-0.05, 0) is 24.6 Å². The zero-order valence-electron chi connectivity index (χ0n) is 16.6. The number of benzene rings is 2. The van der Waals surface area contributed by atoms with Crippen molar-refractivity contribution in [2.75, 3.05) is 18.1 Å². The van der Waals surface area contributed by atoms with Gasteiger partial charge >= 0.3 is 0 Å². The summed E-state index contributed by atoms with van der Waals surface area (Å²) in [5.74, 6) is -1.45. The number of amides is 2. The van der Waals surface area contributed by atoms with E-state index in [0.29, 0.717) is 28.7 Å². The van der Waals surface area contributed by atoms with Crippen LogP contribution in [0.1, 0.15) is 34.3 Å². The number of hydrogen-bond donors (Lipinski definition) is 3. The topological polar surface area (TPSA) is 105 Å². The second kappa shape index (κ2) is 8.56. The highest BCUT2D eigenvalue weighted by Gasteiger charge is 2.45. The minimum absolute atomic E-state index is 0.00678. The van der Waals surface area contributed by atoms with Gasteiger partial charge in [-0.1, -0.05) is 18.2 Å². The van der Waals surface area contributed by atoms with E-state index in [4.69, 9.17) is 13.6 Å². The Hall–Kier alpha value is -3.36. The number of nitrogens with zero attached hydrogens (tertiary/aromatic N) is 1. The maximum Gasteiger partial charge on any atom is 0.254 e. The molecule has 0 fully saturated rings. The van der Waals surface area contributed by atoms with Gasteiger partial charge in [0.05, 0.1) is 11.1 Å². The first-order chi connectivity index (χ1) is 14.3. The lowest BCUT2D eigenvalue weighted by Gasteiger charge is -2.37. The van der Waals surface area contributed by atoms with E-state index in [1.807, 2.05) is 0 Å². The zero-order chi connectivity index (χ0) is 21.9. The predicted octanol–water partition coefficient (Wildman–Crippen LogP) is 1.57. The molecule has 2 radical (unpaired) electrons. The van der Waals surface area contributed by atoms with Gasteiger partial charge in [0.2, 0.25) is 5.91 Å². The largest absolute Gasteiger partial charge is 0.396 e. The Morgan fingerprint density at radius 3 is 2.77 bits per heavy atom.